The van der Waals surface area contributed by atoms with E-state index in [2.05, 4.69) is 366 Å². The van der Waals surface area contributed by atoms with Crippen LogP contribution >= 0.6 is 0 Å². The van der Waals surface area contributed by atoms with Gasteiger partial charge >= 0.3 is 0 Å². The summed E-state index contributed by atoms with van der Waals surface area (Å²) in [6.45, 7) is 70.2. The van der Waals surface area contributed by atoms with E-state index in [9.17, 15) is 0 Å². The molecule has 8 aliphatic rings. The summed E-state index contributed by atoms with van der Waals surface area (Å²) < 4.78 is 16.1. The minimum Gasteiger partial charge on any atom is -0.472 e. The second kappa shape index (κ2) is 25.8. The van der Waals surface area contributed by atoms with Crippen molar-refractivity contribution >= 4 is 115 Å². The van der Waals surface area contributed by atoms with Crippen molar-refractivity contribution in [3.8, 4) is 0 Å². The SMILES string of the molecule is CC(C)c1cc2c3c(c1)N(c1ccc(C(C)(C)C)cc1)c1c(oc4c1C(C)(C)CCC4(C)C)B3c1cc3c(cc1N2c1ccc(C(C)(C)C)cc1)C(C)(C)CCC3(C)CCCc1cc2c3c(c1)N(c1ccc(C(C)(C)C)cc1)c1c(oc4c1C(C)(C)CCC4(C)C)B3c1cc3c(cc1N2c1ccc(C(C)(C)C)cc1)C(C)(C)CCC3(C)C. The molecule has 18 rings (SSSR count). The summed E-state index contributed by atoms with van der Waals surface area (Å²) in [7, 11) is 0. The summed E-state index contributed by atoms with van der Waals surface area (Å²) in [5, 5.41) is 0. The molecule has 8 aromatic carbocycles. The zero-order chi connectivity index (χ0) is 83.7. The third-order valence-corrected chi connectivity index (χ3v) is 30.8. The smallest absolute Gasteiger partial charge is 0.297 e. The largest absolute Gasteiger partial charge is 0.472 e. The molecule has 8 heteroatoms. The molecule has 608 valence electrons. The quantitative estimate of drug-likeness (QED) is 0.134. The Morgan fingerprint density at radius 2 is 0.632 bits per heavy atom. The monoisotopic (exact) mass is 1550 g/mol. The molecule has 117 heavy (non-hydrogen) atoms. The zero-order valence-corrected chi connectivity index (χ0v) is 77.0. The third kappa shape index (κ3) is 12.5. The Bertz CT molecular complexity index is 5700. The number of fused-ring (bicyclic) bond motifs is 14. The molecule has 6 nitrogen and oxygen atoms in total. The second-order valence-electron chi connectivity index (χ2n) is 47.1. The van der Waals surface area contributed by atoms with E-state index in [1.165, 1.54) is 157 Å². The number of aryl methyl sites for hydroxylation is 1. The maximum Gasteiger partial charge on any atom is 0.297 e. The van der Waals surface area contributed by atoms with Crippen LogP contribution in [-0.2, 0) is 71.4 Å². The Morgan fingerprint density at radius 1 is 0.333 bits per heavy atom. The molecule has 0 N–H and O–H groups in total. The van der Waals surface area contributed by atoms with Gasteiger partial charge in [0, 0.05) is 78.8 Å². The first-order chi connectivity index (χ1) is 54.4. The highest BCUT2D eigenvalue weighted by molar-refractivity contribution is 7.00. The first kappa shape index (κ1) is 79.8. The molecule has 0 spiro atoms. The molecule has 1 unspecified atom stereocenters. The van der Waals surface area contributed by atoms with E-state index in [-0.39, 0.29) is 84.3 Å². The van der Waals surface area contributed by atoms with Gasteiger partial charge in [0.05, 0.1) is 22.7 Å². The lowest BCUT2D eigenvalue weighted by atomic mass is 9.34. The topological polar surface area (TPSA) is 39.2 Å². The summed E-state index contributed by atoms with van der Waals surface area (Å²) >= 11 is 0. The Hall–Kier alpha value is -8.35. The molecule has 6 heterocycles. The predicted molar refractivity (Wildman–Crippen MR) is 503 cm³/mol. The Morgan fingerprint density at radius 3 is 1.00 bits per heavy atom. The van der Waals surface area contributed by atoms with Gasteiger partial charge in [0.15, 0.2) is 0 Å². The molecule has 4 aliphatic carbocycles. The highest BCUT2D eigenvalue weighted by Crippen LogP contribution is 2.60. The molecule has 0 saturated carbocycles. The fourth-order valence-electron chi connectivity index (χ4n) is 22.6. The number of hydrogen-bond acceptors (Lipinski definition) is 6. The minimum atomic E-state index is -0.170. The number of nitrogens with zero attached hydrogens (tertiary/aromatic N) is 4. The number of hydrogen-bond donors (Lipinski definition) is 0. The molecule has 10 aromatic rings. The molecule has 2 aromatic heterocycles. The number of benzene rings is 8. The van der Waals surface area contributed by atoms with Crippen LogP contribution in [0, 0.1) is 0 Å². The van der Waals surface area contributed by atoms with E-state index in [0.29, 0.717) is 0 Å². The van der Waals surface area contributed by atoms with E-state index in [1.54, 1.807) is 0 Å². The third-order valence-electron chi connectivity index (χ3n) is 30.8. The van der Waals surface area contributed by atoms with E-state index < -0.39 is 0 Å². The summed E-state index contributed by atoms with van der Waals surface area (Å²) in [5.74, 6) is 2.60. The van der Waals surface area contributed by atoms with E-state index >= 15 is 0 Å². The fraction of sp³-hybridized carbons (Fsp3) is 0.486. The molecule has 0 radical (unpaired) electrons. The van der Waals surface area contributed by atoms with E-state index in [1.807, 2.05) is 0 Å². The van der Waals surface area contributed by atoms with Crippen molar-refractivity contribution in [2.24, 2.45) is 0 Å². The Labute approximate surface area is 705 Å². The van der Waals surface area contributed by atoms with Gasteiger partial charge in [-0.3, -0.25) is 0 Å². The molecular formula is C109H134B2N4O2. The van der Waals surface area contributed by atoms with Crippen molar-refractivity contribution in [1.82, 2.24) is 0 Å². The van der Waals surface area contributed by atoms with Gasteiger partial charge in [-0.1, -0.05) is 261 Å². The molecule has 0 bridgehead atoms. The highest BCUT2D eigenvalue weighted by atomic mass is 16.3. The van der Waals surface area contributed by atoms with E-state index in [0.717, 1.165) is 93.5 Å². The van der Waals surface area contributed by atoms with Gasteiger partial charge in [0.1, 0.15) is 11.5 Å². The first-order valence-corrected chi connectivity index (χ1v) is 45.1. The molecule has 0 amide bonds. The van der Waals surface area contributed by atoms with Crippen molar-refractivity contribution < 1.29 is 8.83 Å². The van der Waals surface area contributed by atoms with Crippen LogP contribution in [0.4, 0.5) is 68.2 Å². The standard InChI is InChI=1S/C109H134B2N4O2/c1-65(2)67-59-86-91-87(60-67)115(75-46-38-71(39-47-75)101(12,13)14)93-89-95(108(27,28)54-52-106(89,23)24)117-97(93)111(91)81-62-79-78(64-83(81)113(86)73-42-34-69(35-43-73)99(6,7)8)104(19,20)55-56-109(79,29)48-30-31-66-57-84-90-85(58-66)114(74-44-36-70(37-45-74)100(9,10)11)92-88-94(107(25,26)53-51-105(88,21)22)116-96(92)110(90)80-61-76-77(103(17,18)50-49-102(76,15)16)63-82(80)112(84)72-40-32-68(33-41-72)98(3,4)5/h32-47,57-65H,30-31,48-56H2,1-29H3. The van der Waals surface area contributed by atoms with Crippen molar-refractivity contribution in [3.63, 3.8) is 0 Å². The summed E-state index contributed by atoms with van der Waals surface area (Å²) in [4.78, 5) is 10.8. The Balaban J connectivity index is 0.846. The van der Waals surface area contributed by atoms with Crippen LogP contribution in [0.5, 0.6) is 0 Å². The second-order valence-corrected chi connectivity index (χ2v) is 47.1. The summed E-state index contributed by atoms with van der Waals surface area (Å²) in [6, 6.07) is 60.1. The molecular weight excluding hydrogens is 1420 g/mol. The van der Waals surface area contributed by atoms with Crippen molar-refractivity contribution in [2.75, 3.05) is 19.6 Å². The predicted octanol–water partition coefficient (Wildman–Crippen LogP) is 26.8. The van der Waals surface area contributed by atoms with Gasteiger partial charge in [-0.15, -0.1) is 0 Å². The van der Waals surface area contributed by atoms with Gasteiger partial charge in [0.25, 0.3) is 13.4 Å². The van der Waals surface area contributed by atoms with E-state index in [4.69, 9.17) is 8.83 Å². The molecule has 1 atom stereocenters. The maximum absolute atomic E-state index is 8.07. The number of anilines is 12. The molecule has 0 saturated heterocycles. The van der Waals surface area contributed by atoms with Crippen LogP contribution in [0.3, 0.4) is 0 Å². The van der Waals surface area contributed by atoms with Crippen LogP contribution in [0.2, 0.25) is 0 Å². The summed E-state index contributed by atoms with van der Waals surface area (Å²) in [5.41, 5.74) is 38.3. The lowest BCUT2D eigenvalue weighted by molar-refractivity contribution is 0.282. The lowest BCUT2D eigenvalue weighted by Gasteiger charge is -2.48. The van der Waals surface area contributed by atoms with Gasteiger partial charge in [-0.2, -0.15) is 0 Å². The van der Waals surface area contributed by atoms with Crippen molar-refractivity contribution in [1.29, 1.82) is 0 Å². The van der Waals surface area contributed by atoms with Gasteiger partial charge in [0.2, 0.25) is 0 Å². The number of furan rings is 2. The van der Waals surface area contributed by atoms with Crippen molar-refractivity contribution in [2.45, 2.75) is 342 Å². The van der Waals surface area contributed by atoms with Gasteiger partial charge in [-0.25, -0.2) is 0 Å². The lowest BCUT2D eigenvalue weighted by Crippen LogP contribution is -2.61. The molecule has 0 fully saturated rings. The van der Waals surface area contributed by atoms with Gasteiger partial charge in [-0.05, 0) is 293 Å². The fourth-order valence-corrected chi connectivity index (χ4v) is 22.6. The molecule has 4 aliphatic heterocycles. The minimum absolute atomic E-state index is 0.00198. The van der Waals surface area contributed by atoms with Crippen LogP contribution in [-0.4, -0.2) is 13.4 Å². The van der Waals surface area contributed by atoms with Crippen molar-refractivity contribution in [3.05, 3.63) is 224 Å². The Kier molecular flexibility index (Phi) is 17.6. The first-order valence-electron chi connectivity index (χ1n) is 45.1. The maximum atomic E-state index is 8.07. The van der Waals surface area contributed by atoms with Crippen LogP contribution in [0.25, 0.3) is 0 Å². The average molecular weight is 1550 g/mol. The van der Waals surface area contributed by atoms with Crippen LogP contribution in [0.1, 0.15) is 349 Å². The normalized spacial score (nSPS) is 20.5. The highest BCUT2D eigenvalue weighted by Gasteiger charge is 2.57. The van der Waals surface area contributed by atoms with Crippen LogP contribution < -0.4 is 52.8 Å². The van der Waals surface area contributed by atoms with Gasteiger partial charge < -0.3 is 28.4 Å². The van der Waals surface area contributed by atoms with Crippen LogP contribution in [0.15, 0.2) is 154 Å². The summed E-state index contributed by atoms with van der Waals surface area (Å²) in [6.07, 6.45) is 11.7. The average Bonchev–Trinajstić information content (AvgIpc) is 1.62. The zero-order valence-electron chi connectivity index (χ0n) is 77.0. The number of rotatable bonds is 9.